The highest BCUT2D eigenvalue weighted by molar-refractivity contribution is 6.02. The van der Waals surface area contributed by atoms with E-state index in [1.54, 1.807) is 0 Å². The van der Waals surface area contributed by atoms with Crippen molar-refractivity contribution in [2.45, 2.75) is 19.8 Å². The summed E-state index contributed by atoms with van der Waals surface area (Å²) in [5.41, 5.74) is 3.24. The van der Waals surface area contributed by atoms with Crippen molar-refractivity contribution in [2.24, 2.45) is 11.1 Å². The van der Waals surface area contributed by atoms with Gasteiger partial charge in [0.25, 0.3) is 0 Å². The third-order valence-corrected chi connectivity index (χ3v) is 2.56. The molecule has 1 aliphatic rings. The normalized spacial score (nSPS) is 24.4. The van der Waals surface area contributed by atoms with E-state index in [9.17, 15) is 0 Å². The minimum Gasteiger partial charge on any atom is -0.411 e. The molecular formula is C11H13NO. The Morgan fingerprint density at radius 2 is 2.08 bits per heavy atom. The maximum atomic E-state index is 8.84. The zero-order valence-electron chi connectivity index (χ0n) is 7.70. The van der Waals surface area contributed by atoms with Crippen LogP contribution in [0.3, 0.4) is 0 Å². The van der Waals surface area contributed by atoms with Gasteiger partial charge in [0.05, 0.1) is 5.71 Å². The average molecular weight is 175 g/mol. The summed E-state index contributed by atoms with van der Waals surface area (Å²) in [7, 11) is 0. The standard InChI is InChI=1S/C11H13NO/c1-8-6-9-4-2-3-5-10(9)11(7-8)12-13/h2-5,8,13H,6-7H2,1H3/t8-/m1/s1. The van der Waals surface area contributed by atoms with Gasteiger partial charge in [0.1, 0.15) is 0 Å². The lowest BCUT2D eigenvalue weighted by molar-refractivity contribution is 0.316. The van der Waals surface area contributed by atoms with Crippen LogP contribution in [-0.4, -0.2) is 10.9 Å². The number of oxime groups is 1. The minimum absolute atomic E-state index is 0.584. The molecule has 2 rings (SSSR count). The Hall–Kier alpha value is -1.31. The molecule has 0 saturated heterocycles. The van der Waals surface area contributed by atoms with E-state index in [1.165, 1.54) is 5.56 Å². The van der Waals surface area contributed by atoms with Crippen LogP contribution in [0.4, 0.5) is 0 Å². The number of rotatable bonds is 0. The van der Waals surface area contributed by atoms with Crippen molar-refractivity contribution >= 4 is 5.71 Å². The highest BCUT2D eigenvalue weighted by Gasteiger charge is 2.20. The first-order valence-electron chi connectivity index (χ1n) is 4.60. The van der Waals surface area contributed by atoms with Crippen LogP contribution in [0.15, 0.2) is 29.4 Å². The SMILES string of the molecule is C[C@H]1CC(=NO)c2ccccc2C1. The second-order valence-corrected chi connectivity index (χ2v) is 3.72. The summed E-state index contributed by atoms with van der Waals surface area (Å²) in [5.74, 6) is 0.584. The molecule has 0 saturated carbocycles. The Morgan fingerprint density at radius 1 is 1.31 bits per heavy atom. The maximum Gasteiger partial charge on any atom is 0.0873 e. The van der Waals surface area contributed by atoms with Gasteiger partial charge in [0, 0.05) is 5.56 Å². The molecule has 0 amide bonds. The lowest BCUT2D eigenvalue weighted by atomic mass is 9.84. The molecule has 0 fully saturated rings. The van der Waals surface area contributed by atoms with Crippen molar-refractivity contribution in [2.75, 3.05) is 0 Å². The van der Waals surface area contributed by atoms with Gasteiger partial charge >= 0.3 is 0 Å². The number of benzene rings is 1. The van der Waals surface area contributed by atoms with Crippen LogP contribution in [0, 0.1) is 5.92 Å². The van der Waals surface area contributed by atoms with Gasteiger partial charge in [-0.05, 0) is 24.3 Å². The van der Waals surface area contributed by atoms with Gasteiger partial charge in [-0.2, -0.15) is 0 Å². The van der Waals surface area contributed by atoms with E-state index in [0.29, 0.717) is 5.92 Å². The van der Waals surface area contributed by atoms with Gasteiger partial charge in [-0.15, -0.1) is 0 Å². The topological polar surface area (TPSA) is 32.6 Å². The van der Waals surface area contributed by atoms with Gasteiger partial charge in [0.15, 0.2) is 0 Å². The van der Waals surface area contributed by atoms with Gasteiger partial charge in [0.2, 0.25) is 0 Å². The minimum atomic E-state index is 0.584. The largest absolute Gasteiger partial charge is 0.411 e. The van der Waals surface area contributed by atoms with Crippen LogP contribution >= 0.6 is 0 Å². The molecule has 1 aromatic rings. The van der Waals surface area contributed by atoms with Crippen molar-refractivity contribution in [3.05, 3.63) is 35.4 Å². The first-order chi connectivity index (χ1) is 6.31. The van der Waals surface area contributed by atoms with Crippen LogP contribution in [0.2, 0.25) is 0 Å². The Bertz CT molecular complexity index is 344. The lowest BCUT2D eigenvalue weighted by Crippen LogP contribution is -2.18. The van der Waals surface area contributed by atoms with Crippen LogP contribution in [0.5, 0.6) is 0 Å². The Balaban J connectivity index is 2.49. The zero-order chi connectivity index (χ0) is 9.26. The molecule has 1 aromatic carbocycles. The lowest BCUT2D eigenvalue weighted by Gasteiger charge is -2.21. The summed E-state index contributed by atoms with van der Waals surface area (Å²) >= 11 is 0. The third kappa shape index (κ3) is 1.44. The average Bonchev–Trinajstić information content (AvgIpc) is 2.16. The summed E-state index contributed by atoms with van der Waals surface area (Å²) < 4.78 is 0. The summed E-state index contributed by atoms with van der Waals surface area (Å²) in [5, 5.41) is 12.2. The number of hydrogen-bond donors (Lipinski definition) is 1. The van der Waals surface area contributed by atoms with Crippen LogP contribution in [-0.2, 0) is 6.42 Å². The Labute approximate surface area is 77.9 Å². The molecule has 13 heavy (non-hydrogen) atoms. The first-order valence-corrected chi connectivity index (χ1v) is 4.60. The molecule has 0 spiro atoms. The van der Waals surface area contributed by atoms with Crippen molar-refractivity contribution in [3.63, 3.8) is 0 Å². The molecule has 0 unspecified atom stereocenters. The molecule has 68 valence electrons. The van der Waals surface area contributed by atoms with E-state index in [2.05, 4.69) is 18.1 Å². The smallest absolute Gasteiger partial charge is 0.0873 e. The molecule has 0 bridgehead atoms. The van der Waals surface area contributed by atoms with E-state index >= 15 is 0 Å². The third-order valence-electron chi connectivity index (χ3n) is 2.56. The zero-order valence-corrected chi connectivity index (χ0v) is 7.70. The molecule has 0 radical (unpaired) electrons. The first kappa shape index (κ1) is 8.30. The van der Waals surface area contributed by atoms with Gasteiger partial charge in [-0.3, -0.25) is 0 Å². The second-order valence-electron chi connectivity index (χ2n) is 3.72. The van der Waals surface area contributed by atoms with E-state index in [1.807, 2.05) is 18.2 Å². The fraction of sp³-hybridized carbons (Fsp3) is 0.364. The van der Waals surface area contributed by atoms with E-state index in [4.69, 9.17) is 5.21 Å². The number of fused-ring (bicyclic) bond motifs is 1. The maximum absolute atomic E-state index is 8.84. The molecule has 1 aliphatic carbocycles. The quantitative estimate of drug-likeness (QED) is 0.476. The predicted octanol–water partition coefficient (Wildman–Crippen LogP) is 2.45. The summed E-state index contributed by atoms with van der Waals surface area (Å²) in [6, 6.07) is 8.15. The fourth-order valence-corrected chi connectivity index (χ4v) is 1.96. The van der Waals surface area contributed by atoms with E-state index in [-0.39, 0.29) is 0 Å². The monoisotopic (exact) mass is 175 g/mol. The van der Waals surface area contributed by atoms with Crippen molar-refractivity contribution in [3.8, 4) is 0 Å². The number of hydrogen-bond acceptors (Lipinski definition) is 2. The number of nitrogens with zero attached hydrogens (tertiary/aromatic N) is 1. The van der Waals surface area contributed by atoms with Crippen LogP contribution < -0.4 is 0 Å². The molecule has 2 heteroatoms. The van der Waals surface area contributed by atoms with Gasteiger partial charge < -0.3 is 5.21 Å². The van der Waals surface area contributed by atoms with E-state index in [0.717, 1.165) is 24.1 Å². The van der Waals surface area contributed by atoms with Crippen molar-refractivity contribution < 1.29 is 5.21 Å². The van der Waals surface area contributed by atoms with Gasteiger partial charge in [-0.1, -0.05) is 36.3 Å². The van der Waals surface area contributed by atoms with Gasteiger partial charge in [-0.25, -0.2) is 0 Å². The molecule has 1 N–H and O–H groups in total. The second kappa shape index (κ2) is 3.21. The van der Waals surface area contributed by atoms with E-state index < -0.39 is 0 Å². The van der Waals surface area contributed by atoms with Crippen molar-refractivity contribution in [1.29, 1.82) is 0 Å². The van der Waals surface area contributed by atoms with Crippen molar-refractivity contribution in [1.82, 2.24) is 0 Å². The van der Waals surface area contributed by atoms with Crippen LogP contribution in [0.25, 0.3) is 0 Å². The highest BCUT2D eigenvalue weighted by atomic mass is 16.4. The molecule has 0 aliphatic heterocycles. The Kier molecular flexibility index (Phi) is 2.05. The summed E-state index contributed by atoms with van der Waals surface area (Å²) in [6.07, 6.45) is 1.97. The molecule has 2 nitrogen and oxygen atoms in total. The molecule has 1 atom stereocenters. The van der Waals surface area contributed by atoms with Crippen LogP contribution in [0.1, 0.15) is 24.5 Å². The molecule has 0 heterocycles. The fourth-order valence-electron chi connectivity index (χ4n) is 1.96. The Morgan fingerprint density at radius 3 is 2.85 bits per heavy atom. The highest BCUT2D eigenvalue weighted by Crippen LogP contribution is 2.25. The summed E-state index contributed by atoms with van der Waals surface area (Å²) in [4.78, 5) is 0. The molecule has 0 aromatic heterocycles. The predicted molar refractivity (Wildman–Crippen MR) is 52.3 cm³/mol. The molecular weight excluding hydrogens is 162 g/mol. The summed E-state index contributed by atoms with van der Waals surface area (Å²) in [6.45, 7) is 2.18.